The van der Waals surface area contributed by atoms with Crippen LogP contribution in [0.4, 0.5) is 0 Å². The van der Waals surface area contributed by atoms with Gasteiger partial charge < -0.3 is 34.8 Å². The summed E-state index contributed by atoms with van der Waals surface area (Å²) in [5, 5.41) is 40.4. The minimum atomic E-state index is -1.36. The minimum absolute atomic E-state index is 0.0157. The maximum absolute atomic E-state index is 9.91. The van der Waals surface area contributed by atoms with Crippen LogP contribution in [0.2, 0.25) is 0 Å². The average molecular weight is 354 g/mol. The van der Waals surface area contributed by atoms with Crippen molar-refractivity contribution >= 4 is 17.4 Å². The van der Waals surface area contributed by atoms with E-state index < -0.39 is 30.7 Å². The number of thiocarbonyl (C=S) groups is 1. The molecule has 0 aromatic heterocycles. The van der Waals surface area contributed by atoms with E-state index in [1.54, 1.807) is 31.2 Å². The molecule has 0 radical (unpaired) electrons. The zero-order chi connectivity index (χ0) is 17.7. The van der Waals surface area contributed by atoms with Gasteiger partial charge in [-0.15, -0.1) is 5.26 Å². The van der Waals surface area contributed by atoms with E-state index in [1.165, 1.54) is 6.26 Å². The highest BCUT2D eigenvalue weighted by Crippen LogP contribution is 2.24. The lowest BCUT2D eigenvalue weighted by Gasteiger charge is -2.38. The predicted molar refractivity (Wildman–Crippen MR) is 85.6 cm³/mol. The number of benzene rings is 1. The van der Waals surface area contributed by atoms with Gasteiger partial charge in [0.2, 0.25) is 6.29 Å². The van der Waals surface area contributed by atoms with Crippen LogP contribution in [0.5, 0.6) is 5.75 Å². The number of ether oxygens (including phenoxy) is 3. The molecule has 5 unspecified atom stereocenters. The molecular weight excluding hydrogens is 336 g/mol. The third-order valence-corrected chi connectivity index (χ3v) is 3.79. The third kappa shape index (κ3) is 4.53. The first-order valence-corrected chi connectivity index (χ1v) is 7.62. The second-order valence-corrected chi connectivity index (χ2v) is 5.65. The van der Waals surface area contributed by atoms with Crippen molar-refractivity contribution < 1.29 is 29.5 Å². The zero-order valence-electron chi connectivity index (χ0n) is 12.8. The molecule has 1 aromatic carbocycles. The third-order valence-electron chi connectivity index (χ3n) is 3.56. The number of hydrogen-bond donors (Lipinski definition) is 4. The highest BCUT2D eigenvalue weighted by atomic mass is 32.1. The summed E-state index contributed by atoms with van der Waals surface area (Å²) < 4.78 is 15.3. The zero-order valence-corrected chi connectivity index (χ0v) is 13.6. The normalized spacial score (nSPS) is 29.4. The molecule has 1 aliphatic rings. The lowest BCUT2D eigenvalue weighted by molar-refractivity contribution is -0.268. The van der Waals surface area contributed by atoms with E-state index in [0.29, 0.717) is 12.3 Å². The van der Waals surface area contributed by atoms with Crippen molar-refractivity contribution in [3.05, 3.63) is 29.8 Å². The van der Waals surface area contributed by atoms with Crippen LogP contribution in [-0.2, 0) is 16.0 Å². The molecule has 1 fully saturated rings. The average Bonchev–Trinajstić information content (AvgIpc) is 2.57. The van der Waals surface area contributed by atoms with E-state index >= 15 is 0 Å². The monoisotopic (exact) mass is 354 g/mol. The van der Waals surface area contributed by atoms with Gasteiger partial charge in [-0.3, -0.25) is 0 Å². The van der Waals surface area contributed by atoms with Crippen LogP contribution in [0.1, 0.15) is 12.5 Å². The molecule has 8 nitrogen and oxygen atoms in total. The molecule has 0 spiro atoms. The molecule has 0 saturated carbocycles. The van der Waals surface area contributed by atoms with E-state index in [4.69, 9.17) is 27.0 Å². The van der Waals surface area contributed by atoms with Gasteiger partial charge in [-0.2, -0.15) is 0 Å². The number of aliphatic hydroxyl groups excluding tert-OH is 3. The summed E-state index contributed by atoms with van der Waals surface area (Å²) in [6, 6.07) is 6.81. The van der Waals surface area contributed by atoms with Gasteiger partial charge in [-0.05, 0) is 36.8 Å². The molecule has 0 amide bonds. The molecule has 130 valence electrons. The van der Waals surface area contributed by atoms with Gasteiger partial charge in [0.05, 0.1) is 6.10 Å². The molecule has 5 atom stereocenters. The molecular formula is C15H18N2O6S. The van der Waals surface area contributed by atoms with Crippen LogP contribution in [0.15, 0.2) is 24.3 Å². The maximum Gasteiger partial charge on any atom is 0.294 e. The quantitative estimate of drug-likeness (QED) is 0.428. The Labute approximate surface area is 144 Å². The van der Waals surface area contributed by atoms with Gasteiger partial charge in [-0.25, -0.2) is 0 Å². The van der Waals surface area contributed by atoms with Crippen LogP contribution in [0, 0.1) is 11.5 Å². The number of aliphatic hydroxyl groups is 3. The molecule has 9 heteroatoms. The van der Waals surface area contributed by atoms with Crippen molar-refractivity contribution in [3.63, 3.8) is 0 Å². The lowest BCUT2D eigenvalue weighted by Crippen LogP contribution is -2.58. The highest BCUT2D eigenvalue weighted by molar-refractivity contribution is 7.80. The van der Waals surface area contributed by atoms with E-state index in [2.05, 4.69) is 10.1 Å². The number of nitrogens with zero attached hydrogens (tertiary/aromatic N) is 1. The van der Waals surface area contributed by atoms with Gasteiger partial charge in [-0.1, -0.05) is 12.1 Å². The summed E-state index contributed by atoms with van der Waals surface area (Å²) >= 11 is 4.76. The lowest BCUT2D eigenvalue weighted by atomic mass is 10.00. The molecule has 0 aliphatic carbocycles. The predicted octanol–water partition coefficient (Wildman–Crippen LogP) is -0.235. The molecule has 1 heterocycles. The summed E-state index contributed by atoms with van der Waals surface area (Å²) in [7, 11) is 0. The maximum atomic E-state index is 9.91. The van der Waals surface area contributed by atoms with E-state index in [1.807, 2.05) is 0 Å². The SMILES string of the molecule is CC1OC(Oc2ccc(CNC(=S)OC#N)cc2)C(O)C(O)C1O. The Hall–Kier alpha value is -1.96. The first-order chi connectivity index (χ1) is 11.4. The fourth-order valence-corrected chi connectivity index (χ4v) is 2.29. The molecule has 2 rings (SSSR count). The van der Waals surface area contributed by atoms with Gasteiger partial charge in [0.25, 0.3) is 11.4 Å². The van der Waals surface area contributed by atoms with Gasteiger partial charge in [0.15, 0.2) is 0 Å². The molecule has 1 saturated heterocycles. The first kappa shape index (κ1) is 18.4. The Morgan fingerprint density at radius 2 is 1.92 bits per heavy atom. The molecule has 24 heavy (non-hydrogen) atoms. The van der Waals surface area contributed by atoms with Crippen LogP contribution in [-0.4, -0.2) is 51.2 Å². The van der Waals surface area contributed by atoms with Gasteiger partial charge in [0.1, 0.15) is 24.1 Å². The van der Waals surface area contributed by atoms with E-state index in [9.17, 15) is 15.3 Å². The Balaban J connectivity index is 1.92. The fourth-order valence-electron chi connectivity index (χ4n) is 2.18. The van der Waals surface area contributed by atoms with E-state index in [0.717, 1.165) is 5.56 Å². The molecule has 0 bridgehead atoms. The minimum Gasteiger partial charge on any atom is -0.462 e. The summed E-state index contributed by atoms with van der Waals surface area (Å²) in [4.78, 5) is 0. The topological polar surface area (TPSA) is 124 Å². The summed E-state index contributed by atoms with van der Waals surface area (Å²) in [5.41, 5.74) is 0.861. The summed E-state index contributed by atoms with van der Waals surface area (Å²) in [6.07, 6.45) is -4.16. The Bertz CT molecular complexity index is 605. The standard InChI is InChI=1S/C15H18N2O6S/c1-8-11(18)12(19)13(20)14(22-8)23-10-4-2-9(3-5-10)6-17-15(24)21-7-16/h2-5,8,11-14,18-20H,6H2,1H3,(H,17,24). The van der Waals surface area contributed by atoms with Crippen molar-refractivity contribution in [2.45, 2.75) is 44.2 Å². The van der Waals surface area contributed by atoms with Crippen molar-refractivity contribution in [1.82, 2.24) is 5.32 Å². The number of hydrogen-bond acceptors (Lipinski definition) is 8. The first-order valence-electron chi connectivity index (χ1n) is 7.21. The van der Waals surface area contributed by atoms with E-state index in [-0.39, 0.29) is 5.17 Å². The van der Waals surface area contributed by atoms with Crippen LogP contribution < -0.4 is 10.1 Å². The number of nitrogens with one attached hydrogen (secondary N) is 1. The van der Waals surface area contributed by atoms with Gasteiger partial charge >= 0.3 is 0 Å². The Morgan fingerprint density at radius 3 is 2.54 bits per heavy atom. The molecule has 1 aliphatic heterocycles. The second kappa shape index (κ2) is 8.23. The largest absolute Gasteiger partial charge is 0.462 e. The number of nitriles is 1. The van der Waals surface area contributed by atoms with Crippen LogP contribution in [0.25, 0.3) is 0 Å². The number of rotatable bonds is 4. The Morgan fingerprint density at radius 1 is 1.25 bits per heavy atom. The van der Waals surface area contributed by atoms with Crippen LogP contribution in [0.3, 0.4) is 0 Å². The van der Waals surface area contributed by atoms with Gasteiger partial charge in [0, 0.05) is 6.54 Å². The van der Waals surface area contributed by atoms with Crippen molar-refractivity contribution in [1.29, 1.82) is 5.26 Å². The van der Waals surface area contributed by atoms with Crippen LogP contribution >= 0.6 is 12.2 Å². The smallest absolute Gasteiger partial charge is 0.294 e. The van der Waals surface area contributed by atoms with Crippen molar-refractivity contribution in [3.8, 4) is 12.0 Å². The van der Waals surface area contributed by atoms with Crippen molar-refractivity contribution in [2.75, 3.05) is 0 Å². The highest BCUT2D eigenvalue weighted by Gasteiger charge is 2.43. The summed E-state index contributed by atoms with van der Waals surface area (Å²) in [6.45, 7) is 1.95. The summed E-state index contributed by atoms with van der Waals surface area (Å²) in [5.74, 6) is 0.425. The fraction of sp³-hybridized carbons (Fsp3) is 0.467. The van der Waals surface area contributed by atoms with Crippen molar-refractivity contribution in [2.24, 2.45) is 0 Å². The Kier molecular flexibility index (Phi) is 6.30. The molecule has 4 N–H and O–H groups in total. The second-order valence-electron chi connectivity index (χ2n) is 5.28. The molecule has 1 aromatic rings.